The predicted octanol–water partition coefficient (Wildman–Crippen LogP) is 3.82. The SMILES string of the molecule is Cc1ccc(CNCCOc2ccccc2)cc1Cl. The van der Waals surface area contributed by atoms with Crippen LogP contribution in [0.2, 0.25) is 5.02 Å². The van der Waals surface area contributed by atoms with Gasteiger partial charge in [-0.05, 0) is 36.2 Å². The molecule has 0 saturated carbocycles. The highest BCUT2D eigenvalue weighted by atomic mass is 35.5. The lowest BCUT2D eigenvalue weighted by atomic mass is 10.1. The van der Waals surface area contributed by atoms with Crippen LogP contribution < -0.4 is 10.1 Å². The third kappa shape index (κ3) is 4.58. The predicted molar refractivity (Wildman–Crippen MR) is 79.8 cm³/mol. The van der Waals surface area contributed by atoms with E-state index in [4.69, 9.17) is 16.3 Å². The monoisotopic (exact) mass is 275 g/mol. The van der Waals surface area contributed by atoms with Gasteiger partial charge in [0, 0.05) is 18.1 Å². The van der Waals surface area contributed by atoms with Crippen LogP contribution in [-0.2, 0) is 6.54 Å². The third-order valence-electron chi connectivity index (χ3n) is 2.86. The largest absolute Gasteiger partial charge is 0.492 e. The smallest absolute Gasteiger partial charge is 0.119 e. The number of rotatable bonds is 6. The number of benzene rings is 2. The minimum absolute atomic E-state index is 0.656. The summed E-state index contributed by atoms with van der Waals surface area (Å²) in [4.78, 5) is 0. The van der Waals surface area contributed by atoms with E-state index in [-0.39, 0.29) is 0 Å². The second kappa shape index (κ2) is 7.17. The Morgan fingerprint density at radius 3 is 2.63 bits per heavy atom. The molecule has 0 spiro atoms. The van der Waals surface area contributed by atoms with Gasteiger partial charge in [0.2, 0.25) is 0 Å². The molecule has 0 amide bonds. The summed E-state index contributed by atoms with van der Waals surface area (Å²) in [6.07, 6.45) is 0. The van der Waals surface area contributed by atoms with Gasteiger partial charge in [-0.2, -0.15) is 0 Å². The third-order valence-corrected chi connectivity index (χ3v) is 3.26. The molecule has 100 valence electrons. The maximum absolute atomic E-state index is 6.08. The summed E-state index contributed by atoms with van der Waals surface area (Å²) in [5.74, 6) is 0.905. The van der Waals surface area contributed by atoms with Gasteiger partial charge in [-0.25, -0.2) is 0 Å². The first kappa shape index (κ1) is 13.9. The van der Waals surface area contributed by atoms with E-state index >= 15 is 0 Å². The summed E-state index contributed by atoms with van der Waals surface area (Å²) in [6.45, 7) is 4.27. The molecular weight excluding hydrogens is 258 g/mol. The van der Waals surface area contributed by atoms with Crippen molar-refractivity contribution in [2.24, 2.45) is 0 Å². The Kier molecular flexibility index (Phi) is 5.25. The Morgan fingerprint density at radius 2 is 1.89 bits per heavy atom. The zero-order valence-corrected chi connectivity index (χ0v) is 11.8. The Morgan fingerprint density at radius 1 is 1.11 bits per heavy atom. The van der Waals surface area contributed by atoms with Crippen LogP contribution in [-0.4, -0.2) is 13.2 Å². The van der Waals surface area contributed by atoms with Crippen molar-refractivity contribution < 1.29 is 4.74 Å². The minimum atomic E-state index is 0.656. The number of para-hydroxylation sites is 1. The molecule has 0 heterocycles. The first-order valence-corrected chi connectivity index (χ1v) is 6.77. The van der Waals surface area contributed by atoms with Crippen LogP contribution in [0.4, 0.5) is 0 Å². The number of hydrogen-bond donors (Lipinski definition) is 1. The van der Waals surface area contributed by atoms with Gasteiger partial charge in [0.05, 0.1) is 0 Å². The quantitative estimate of drug-likeness (QED) is 0.810. The molecule has 2 nitrogen and oxygen atoms in total. The molecule has 0 saturated heterocycles. The highest BCUT2D eigenvalue weighted by molar-refractivity contribution is 6.31. The zero-order chi connectivity index (χ0) is 13.5. The van der Waals surface area contributed by atoms with E-state index in [9.17, 15) is 0 Å². The van der Waals surface area contributed by atoms with Crippen LogP contribution in [0.15, 0.2) is 48.5 Å². The summed E-state index contributed by atoms with van der Waals surface area (Å²) in [7, 11) is 0. The van der Waals surface area contributed by atoms with Gasteiger partial charge in [-0.15, -0.1) is 0 Å². The van der Waals surface area contributed by atoms with E-state index in [0.29, 0.717) is 6.61 Å². The van der Waals surface area contributed by atoms with Crippen molar-refractivity contribution in [1.82, 2.24) is 5.32 Å². The number of aryl methyl sites for hydroxylation is 1. The molecule has 0 aliphatic carbocycles. The van der Waals surface area contributed by atoms with E-state index < -0.39 is 0 Å². The summed E-state index contributed by atoms with van der Waals surface area (Å²) in [5.41, 5.74) is 2.30. The normalized spacial score (nSPS) is 10.4. The van der Waals surface area contributed by atoms with Crippen LogP contribution in [0.5, 0.6) is 5.75 Å². The van der Waals surface area contributed by atoms with Crippen molar-refractivity contribution in [2.45, 2.75) is 13.5 Å². The van der Waals surface area contributed by atoms with Crippen molar-refractivity contribution in [1.29, 1.82) is 0 Å². The number of halogens is 1. The molecule has 0 fully saturated rings. The maximum atomic E-state index is 6.08. The molecule has 0 aliphatic heterocycles. The second-order valence-corrected chi connectivity index (χ2v) is 4.83. The highest BCUT2D eigenvalue weighted by Crippen LogP contribution is 2.16. The Hall–Kier alpha value is -1.51. The Labute approximate surface area is 119 Å². The molecule has 1 N–H and O–H groups in total. The lowest BCUT2D eigenvalue weighted by Gasteiger charge is -2.08. The molecular formula is C16H18ClNO. The fourth-order valence-electron chi connectivity index (χ4n) is 1.74. The topological polar surface area (TPSA) is 21.3 Å². The average molecular weight is 276 g/mol. The molecule has 2 aromatic carbocycles. The van der Waals surface area contributed by atoms with Crippen molar-refractivity contribution in [3.05, 3.63) is 64.7 Å². The second-order valence-electron chi connectivity index (χ2n) is 4.42. The van der Waals surface area contributed by atoms with E-state index in [0.717, 1.165) is 29.4 Å². The van der Waals surface area contributed by atoms with E-state index in [1.54, 1.807) is 0 Å². The Balaban J connectivity index is 1.68. The lowest BCUT2D eigenvalue weighted by molar-refractivity contribution is 0.313. The molecule has 0 unspecified atom stereocenters. The molecule has 0 radical (unpaired) electrons. The number of ether oxygens (including phenoxy) is 1. The van der Waals surface area contributed by atoms with Crippen molar-refractivity contribution >= 4 is 11.6 Å². The molecule has 2 aromatic rings. The fraction of sp³-hybridized carbons (Fsp3) is 0.250. The molecule has 3 heteroatoms. The minimum Gasteiger partial charge on any atom is -0.492 e. The van der Waals surface area contributed by atoms with Crippen LogP contribution in [0.25, 0.3) is 0 Å². The summed E-state index contributed by atoms with van der Waals surface area (Å²) >= 11 is 6.08. The molecule has 19 heavy (non-hydrogen) atoms. The molecule has 0 aromatic heterocycles. The lowest BCUT2D eigenvalue weighted by Crippen LogP contribution is -2.20. The fourth-order valence-corrected chi connectivity index (χ4v) is 1.94. The van der Waals surface area contributed by atoms with Crippen LogP contribution in [0, 0.1) is 6.92 Å². The maximum Gasteiger partial charge on any atom is 0.119 e. The standard InChI is InChI=1S/C16H18ClNO/c1-13-7-8-14(11-16(13)17)12-18-9-10-19-15-5-3-2-4-6-15/h2-8,11,18H,9-10,12H2,1H3. The van der Waals surface area contributed by atoms with Crippen LogP contribution in [0.1, 0.15) is 11.1 Å². The van der Waals surface area contributed by atoms with Gasteiger partial charge in [0.15, 0.2) is 0 Å². The van der Waals surface area contributed by atoms with E-state index in [1.165, 1.54) is 5.56 Å². The van der Waals surface area contributed by atoms with Crippen molar-refractivity contribution in [3.63, 3.8) is 0 Å². The van der Waals surface area contributed by atoms with Gasteiger partial charge in [0.1, 0.15) is 12.4 Å². The average Bonchev–Trinajstić information content (AvgIpc) is 2.43. The first-order chi connectivity index (χ1) is 9.25. The molecule has 2 rings (SSSR count). The van der Waals surface area contributed by atoms with Gasteiger partial charge in [0.25, 0.3) is 0 Å². The van der Waals surface area contributed by atoms with Gasteiger partial charge < -0.3 is 10.1 Å². The molecule has 0 bridgehead atoms. The van der Waals surface area contributed by atoms with Gasteiger partial charge in [-0.3, -0.25) is 0 Å². The zero-order valence-electron chi connectivity index (χ0n) is 11.0. The number of hydrogen-bond acceptors (Lipinski definition) is 2. The molecule has 0 aliphatic rings. The van der Waals surface area contributed by atoms with Crippen LogP contribution in [0.3, 0.4) is 0 Å². The van der Waals surface area contributed by atoms with E-state index in [1.807, 2.05) is 49.4 Å². The summed E-state index contributed by atoms with van der Waals surface area (Å²) < 4.78 is 5.60. The summed E-state index contributed by atoms with van der Waals surface area (Å²) in [6, 6.07) is 16.0. The van der Waals surface area contributed by atoms with E-state index in [2.05, 4.69) is 11.4 Å². The van der Waals surface area contributed by atoms with Gasteiger partial charge in [-0.1, -0.05) is 41.9 Å². The van der Waals surface area contributed by atoms with Crippen molar-refractivity contribution in [3.8, 4) is 5.75 Å². The molecule has 0 atom stereocenters. The highest BCUT2D eigenvalue weighted by Gasteiger charge is 1.98. The van der Waals surface area contributed by atoms with Crippen molar-refractivity contribution in [2.75, 3.05) is 13.2 Å². The number of nitrogens with one attached hydrogen (secondary N) is 1. The van der Waals surface area contributed by atoms with Crippen LogP contribution >= 0.6 is 11.6 Å². The first-order valence-electron chi connectivity index (χ1n) is 6.39. The summed E-state index contributed by atoms with van der Waals surface area (Å²) in [5, 5.41) is 4.15. The van der Waals surface area contributed by atoms with Gasteiger partial charge >= 0.3 is 0 Å². The Bertz CT molecular complexity index is 513.